The molecule has 0 fully saturated rings. The van der Waals surface area contributed by atoms with Gasteiger partial charge in [-0.3, -0.25) is 9.36 Å². The number of fused-ring (bicyclic) bond motifs is 2. The first-order valence-corrected chi connectivity index (χ1v) is 14.4. The summed E-state index contributed by atoms with van der Waals surface area (Å²) < 4.78 is 24.2. The highest BCUT2D eigenvalue weighted by Gasteiger charge is 2.32. The third-order valence-corrected chi connectivity index (χ3v) is 8.70. The van der Waals surface area contributed by atoms with E-state index in [2.05, 4.69) is 30.3 Å². The lowest BCUT2D eigenvalue weighted by molar-refractivity contribution is 0.174. The molecular weight excluding hydrogens is 536 g/mol. The molecule has 2 aliphatic heterocycles. The second-order valence-corrected chi connectivity index (χ2v) is 11.1. The van der Waals surface area contributed by atoms with E-state index in [9.17, 15) is 4.79 Å². The lowest BCUT2D eigenvalue weighted by Crippen LogP contribution is -2.39. The third-order valence-electron chi connectivity index (χ3n) is 7.72. The summed E-state index contributed by atoms with van der Waals surface area (Å²) in [4.78, 5) is 19.9. The lowest BCUT2D eigenvalue weighted by atomic mass is 9.84. The number of benzene rings is 3. The monoisotopic (exact) mass is 564 g/mol. The molecule has 1 aromatic heterocycles. The number of hydrogen-bond acceptors (Lipinski definition) is 7. The fourth-order valence-corrected chi connectivity index (χ4v) is 6.70. The number of ether oxygens (including phenoxy) is 4. The fraction of sp³-hybridized carbons (Fsp3) is 0.212. The molecule has 4 aromatic rings. The van der Waals surface area contributed by atoms with Crippen LogP contribution in [0.2, 0.25) is 0 Å². The van der Waals surface area contributed by atoms with Gasteiger partial charge in [-0.15, -0.1) is 0 Å². The van der Waals surface area contributed by atoms with Crippen molar-refractivity contribution in [1.82, 2.24) is 4.57 Å². The van der Waals surface area contributed by atoms with Crippen molar-refractivity contribution in [2.45, 2.75) is 25.3 Å². The van der Waals surface area contributed by atoms with Crippen LogP contribution in [0.15, 0.2) is 93.4 Å². The number of methoxy groups -OCH3 is 2. The van der Waals surface area contributed by atoms with Gasteiger partial charge in [0.25, 0.3) is 5.56 Å². The topological polar surface area (TPSA) is 71.3 Å². The summed E-state index contributed by atoms with van der Waals surface area (Å²) in [6, 6.07) is 21.5. The fourth-order valence-electron chi connectivity index (χ4n) is 5.70. The first-order valence-electron chi connectivity index (χ1n) is 13.5. The Morgan fingerprint density at radius 2 is 1.59 bits per heavy atom. The zero-order chi connectivity index (χ0) is 27.9. The lowest BCUT2D eigenvalue weighted by Gasteiger charge is -2.31. The number of aromatic nitrogens is 1. The second-order valence-electron chi connectivity index (χ2n) is 10.1. The van der Waals surface area contributed by atoms with E-state index in [-0.39, 0.29) is 18.4 Å². The molecule has 3 heterocycles. The first-order chi connectivity index (χ1) is 20.1. The highest BCUT2D eigenvalue weighted by Crippen LogP contribution is 2.41. The third kappa shape index (κ3) is 4.64. The number of thiazole rings is 1. The maximum Gasteiger partial charge on any atom is 0.271 e. The molecule has 1 aliphatic carbocycles. The Hall–Kier alpha value is -4.56. The van der Waals surface area contributed by atoms with E-state index in [1.54, 1.807) is 14.2 Å². The minimum atomic E-state index is -0.245. The van der Waals surface area contributed by atoms with E-state index >= 15 is 0 Å². The van der Waals surface area contributed by atoms with Gasteiger partial charge in [-0.2, -0.15) is 0 Å². The molecule has 3 aliphatic rings. The molecule has 0 N–H and O–H groups in total. The molecule has 0 saturated heterocycles. The second kappa shape index (κ2) is 10.4. The molecule has 206 valence electrons. The van der Waals surface area contributed by atoms with Gasteiger partial charge < -0.3 is 18.9 Å². The van der Waals surface area contributed by atoms with E-state index in [1.807, 2.05) is 53.1 Å². The van der Waals surface area contributed by atoms with Gasteiger partial charge in [0, 0.05) is 0 Å². The van der Waals surface area contributed by atoms with Crippen LogP contribution in [0.25, 0.3) is 12.2 Å². The van der Waals surface area contributed by atoms with Crippen molar-refractivity contribution in [3.05, 3.63) is 120 Å². The minimum Gasteiger partial charge on any atom is -0.497 e. The first kappa shape index (κ1) is 25.4. The van der Waals surface area contributed by atoms with Crippen LogP contribution in [0.5, 0.6) is 23.0 Å². The Bertz CT molecular complexity index is 1880. The van der Waals surface area contributed by atoms with Crippen molar-refractivity contribution in [1.29, 1.82) is 0 Å². The van der Waals surface area contributed by atoms with Crippen LogP contribution < -0.4 is 33.8 Å². The van der Waals surface area contributed by atoms with Crippen LogP contribution >= 0.6 is 11.3 Å². The highest BCUT2D eigenvalue weighted by atomic mass is 32.1. The van der Waals surface area contributed by atoms with E-state index in [0.717, 1.165) is 53.1 Å². The van der Waals surface area contributed by atoms with Gasteiger partial charge in [0.2, 0.25) is 6.79 Å². The predicted octanol–water partition coefficient (Wildman–Crippen LogP) is 5.23. The molecule has 1 atom stereocenters. The Kier molecular flexibility index (Phi) is 6.47. The van der Waals surface area contributed by atoms with Crippen molar-refractivity contribution < 1.29 is 18.9 Å². The molecular formula is C33H28N2O5S. The summed E-state index contributed by atoms with van der Waals surface area (Å²) in [7, 11) is 3.33. The Morgan fingerprint density at radius 3 is 2.34 bits per heavy atom. The molecule has 0 unspecified atom stereocenters. The molecule has 0 spiro atoms. The van der Waals surface area contributed by atoms with Crippen LogP contribution in [0, 0.1) is 0 Å². The largest absolute Gasteiger partial charge is 0.497 e. The van der Waals surface area contributed by atoms with Crippen LogP contribution in [-0.2, 0) is 0 Å². The Morgan fingerprint density at radius 1 is 0.878 bits per heavy atom. The highest BCUT2D eigenvalue weighted by molar-refractivity contribution is 7.07. The van der Waals surface area contributed by atoms with Crippen molar-refractivity contribution in [2.24, 2.45) is 4.99 Å². The van der Waals surface area contributed by atoms with Gasteiger partial charge in [-0.05, 0) is 95.6 Å². The van der Waals surface area contributed by atoms with E-state index in [1.165, 1.54) is 22.5 Å². The molecule has 0 radical (unpaired) electrons. The normalized spacial score (nSPS) is 18.6. The van der Waals surface area contributed by atoms with E-state index in [4.69, 9.17) is 23.9 Å². The Labute approximate surface area is 240 Å². The summed E-state index contributed by atoms with van der Waals surface area (Å²) in [6.07, 6.45) is 6.92. The van der Waals surface area contributed by atoms with Gasteiger partial charge in [0.1, 0.15) is 11.5 Å². The summed E-state index contributed by atoms with van der Waals surface area (Å²) >= 11 is 1.42. The van der Waals surface area contributed by atoms with Crippen molar-refractivity contribution in [3.8, 4) is 23.0 Å². The number of allylic oxidation sites excluding steroid dienone is 2. The van der Waals surface area contributed by atoms with Crippen molar-refractivity contribution in [2.75, 3.05) is 21.0 Å². The molecule has 8 heteroatoms. The van der Waals surface area contributed by atoms with Gasteiger partial charge in [-0.25, -0.2) is 4.99 Å². The standard InChI is InChI=1S/C33H28N2O5S/c1-37-24-11-6-20(7-12-24)16-23-4-3-5-26-30(23)34-33-35(31(26)22-9-13-25(38-2)14-10-22)32(36)29(41-33)18-21-8-15-27-28(17-21)40-19-39-27/h6-18,31H,3-5,19H2,1-2H3/b23-16+,29-18?/t31-/m0/s1. The molecule has 7 nitrogen and oxygen atoms in total. The van der Waals surface area contributed by atoms with Crippen LogP contribution in [0.1, 0.15) is 42.0 Å². The van der Waals surface area contributed by atoms with Crippen LogP contribution in [0.4, 0.5) is 0 Å². The smallest absolute Gasteiger partial charge is 0.271 e. The van der Waals surface area contributed by atoms with Gasteiger partial charge >= 0.3 is 0 Å². The molecule has 0 amide bonds. The zero-order valence-corrected chi connectivity index (χ0v) is 23.6. The number of hydrogen-bond donors (Lipinski definition) is 0. The maximum absolute atomic E-state index is 14.0. The maximum atomic E-state index is 14.0. The summed E-state index contributed by atoms with van der Waals surface area (Å²) in [6.45, 7) is 0.209. The zero-order valence-electron chi connectivity index (χ0n) is 22.8. The van der Waals surface area contributed by atoms with Crippen molar-refractivity contribution in [3.63, 3.8) is 0 Å². The molecule has 41 heavy (non-hydrogen) atoms. The van der Waals surface area contributed by atoms with Gasteiger partial charge in [0.05, 0.1) is 30.5 Å². The summed E-state index contributed by atoms with van der Waals surface area (Å²) in [5, 5.41) is 0. The van der Waals surface area contributed by atoms with Crippen LogP contribution in [-0.4, -0.2) is 25.6 Å². The molecule has 3 aromatic carbocycles. The van der Waals surface area contributed by atoms with Crippen molar-refractivity contribution >= 4 is 23.5 Å². The van der Waals surface area contributed by atoms with Gasteiger partial charge in [-0.1, -0.05) is 41.7 Å². The van der Waals surface area contributed by atoms with Gasteiger partial charge in [0.15, 0.2) is 16.3 Å². The average molecular weight is 565 g/mol. The van der Waals surface area contributed by atoms with E-state index < -0.39 is 0 Å². The van der Waals surface area contributed by atoms with Crippen LogP contribution in [0.3, 0.4) is 0 Å². The number of nitrogens with zero attached hydrogens (tertiary/aromatic N) is 2. The SMILES string of the molecule is COc1ccc(/C=C2\CCCC3=C2N=c2sc(=Cc4ccc5c(c4)OCO5)c(=O)n2[C@H]3c2ccc(OC)cc2)cc1. The summed E-state index contributed by atoms with van der Waals surface area (Å²) in [5.41, 5.74) is 6.30. The average Bonchev–Trinajstić information content (AvgIpc) is 3.60. The quantitative estimate of drug-likeness (QED) is 0.332. The molecule has 7 rings (SSSR count). The molecule has 0 bridgehead atoms. The predicted molar refractivity (Wildman–Crippen MR) is 158 cm³/mol. The van der Waals surface area contributed by atoms with E-state index in [0.29, 0.717) is 20.8 Å². The summed E-state index contributed by atoms with van der Waals surface area (Å²) in [5.74, 6) is 3.01. The Balaban J connectivity index is 1.40. The molecule has 0 saturated carbocycles. The number of rotatable bonds is 5. The minimum absolute atomic E-state index is 0.0509.